The SMILES string of the molecule is CCCOC(=O)c1ccc(NC(=O)COc2ccc(C(C)(C)CC)cc2)cc1. The largest absolute Gasteiger partial charge is 0.484 e. The van der Waals surface area contributed by atoms with Crippen LogP contribution in [0, 0.1) is 0 Å². The lowest BCUT2D eigenvalue weighted by Crippen LogP contribution is -2.20. The Kier molecular flexibility index (Phi) is 7.61. The maximum Gasteiger partial charge on any atom is 0.338 e. The van der Waals surface area contributed by atoms with Crippen LogP contribution in [0.1, 0.15) is 56.5 Å². The molecule has 1 N–H and O–H groups in total. The number of benzene rings is 2. The molecule has 0 fully saturated rings. The Morgan fingerprint density at radius 3 is 2.18 bits per heavy atom. The fourth-order valence-corrected chi connectivity index (χ4v) is 2.52. The van der Waals surface area contributed by atoms with Crippen molar-refractivity contribution in [3.05, 3.63) is 59.7 Å². The molecule has 0 aliphatic rings. The molecule has 0 unspecified atom stereocenters. The molecule has 0 aromatic heterocycles. The first-order chi connectivity index (χ1) is 13.4. The standard InChI is InChI=1S/C23H29NO4/c1-5-15-27-22(26)17-7-11-19(12-8-17)24-21(25)16-28-20-13-9-18(10-14-20)23(3,4)6-2/h7-14H,5-6,15-16H2,1-4H3,(H,24,25). The normalized spacial score (nSPS) is 11.0. The van der Waals surface area contributed by atoms with Crippen LogP contribution in [0.15, 0.2) is 48.5 Å². The van der Waals surface area contributed by atoms with E-state index in [2.05, 4.69) is 26.1 Å². The van der Waals surface area contributed by atoms with Crippen molar-refractivity contribution in [1.29, 1.82) is 0 Å². The highest BCUT2D eigenvalue weighted by molar-refractivity contribution is 5.93. The topological polar surface area (TPSA) is 64.6 Å². The predicted octanol–water partition coefficient (Wildman–Crippen LogP) is 4.96. The van der Waals surface area contributed by atoms with Gasteiger partial charge in [-0.1, -0.05) is 39.8 Å². The summed E-state index contributed by atoms with van der Waals surface area (Å²) in [4.78, 5) is 23.9. The smallest absolute Gasteiger partial charge is 0.338 e. The molecule has 5 heteroatoms. The Bertz CT molecular complexity index is 779. The molecule has 28 heavy (non-hydrogen) atoms. The minimum atomic E-state index is -0.363. The first kappa shape index (κ1) is 21.5. The van der Waals surface area contributed by atoms with Crippen LogP contribution in [0.4, 0.5) is 5.69 Å². The molecule has 2 aromatic carbocycles. The van der Waals surface area contributed by atoms with E-state index < -0.39 is 0 Å². The Labute approximate surface area is 167 Å². The molecule has 0 radical (unpaired) electrons. The van der Waals surface area contributed by atoms with Crippen molar-refractivity contribution in [2.24, 2.45) is 0 Å². The summed E-state index contributed by atoms with van der Waals surface area (Å²) in [6.07, 6.45) is 1.82. The Morgan fingerprint density at radius 2 is 1.61 bits per heavy atom. The van der Waals surface area contributed by atoms with Crippen molar-refractivity contribution in [2.45, 2.75) is 46.0 Å². The fraction of sp³-hybridized carbons (Fsp3) is 0.391. The number of carbonyl (C=O) groups is 2. The van der Waals surface area contributed by atoms with Crippen molar-refractivity contribution in [3.63, 3.8) is 0 Å². The number of esters is 1. The highest BCUT2D eigenvalue weighted by Crippen LogP contribution is 2.28. The summed E-state index contributed by atoms with van der Waals surface area (Å²) in [5.41, 5.74) is 2.41. The minimum absolute atomic E-state index is 0.0865. The molecule has 0 saturated heterocycles. The third kappa shape index (κ3) is 6.12. The molecule has 0 spiro atoms. The molecule has 5 nitrogen and oxygen atoms in total. The predicted molar refractivity (Wildman–Crippen MR) is 111 cm³/mol. The molecule has 0 aliphatic heterocycles. The molecule has 0 atom stereocenters. The van der Waals surface area contributed by atoms with E-state index in [1.54, 1.807) is 24.3 Å². The van der Waals surface area contributed by atoms with Gasteiger partial charge in [0.15, 0.2) is 6.61 Å². The van der Waals surface area contributed by atoms with E-state index in [1.807, 2.05) is 31.2 Å². The second kappa shape index (κ2) is 9.93. The maximum atomic E-state index is 12.1. The third-order valence-electron chi connectivity index (χ3n) is 4.73. The molecule has 0 bridgehead atoms. The van der Waals surface area contributed by atoms with E-state index in [1.165, 1.54) is 5.56 Å². The van der Waals surface area contributed by atoms with E-state index in [0.29, 0.717) is 23.6 Å². The highest BCUT2D eigenvalue weighted by Gasteiger charge is 2.17. The lowest BCUT2D eigenvalue weighted by Gasteiger charge is -2.23. The molecular weight excluding hydrogens is 354 g/mol. The van der Waals surface area contributed by atoms with Crippen LogP contribution in [0.2, 0.25) is 0 Å². The van der Waals surface area contributed by atoms with Crippen molar-refractivity contribution in [2.75, 3.05) is 18.5 Å². The zero-order valence-corrected chi connectivity index (χ0v) is 17.1. The van der Waals surface area contributed by atoms with Gasteiger partial charge in [0.2, 0.25) is 0 Å². The fourth-order valence-electron chi connectivity index (χ4n) is 2.52. The lowest BCUT2D eigenvalue weighted by atomic mass is 9.82. The monoisotopic (exact) mass is 383 g/mol. The summed E-state index contributed by atoms with van der Waals surface area (Å²) >= 11 is 0. The van der Waals surface area contributed by atoms with Gasteiger partial charge >= 0.3 is 5.97 Å². The van der Waals surface area contributed by atoms with Crippen LogP contribution in [-0.2, 0) is 14.9 Å². The molecule has 0 aliphatic carbocycles. The molecular formula is C23H29NO4. The Balaban J connectivity index is 1.84. The summed E-state index contributed by atoms with van der Waals surface area (Å²) < 4.78 is 10.6. The van der Waals surface area contributed by atoms with Crippen LogP contribution in [0.25, 0.3) is 0 Å². The van der Waals surface area contributed by atoms with Crippen LogP contribution < -0.4 is 10.1 Å². The van der Waals surface area contributed by atoms with Gasteiger partial charge in [-0.25, -0.2) is 4.79 Å². The van der Waals surface area contributed by atoms with Gasteiger partial charge in [0.05, 0.1) is 12.2 Å². The minimum Gasteiger partial charge on any atom is -0.484 e. The van der Waals surface area contributed by atoms with Gasteiger partial charge in [-0.05, 0) is 60.2 Å². The first-order valence-electron chi connectivity index (χ1n) is 9.66. The summed E-state index contributed by atoms with van der Waals surface area (Å²) in [5, 5.41) is 2.75. The molecule has 0 saturated carbocycles. The number of hydrogen-bond donors (Lipinski definition) is 1. The van der Waals surface area contributed by atoms with Crippen molar-refractivity contribution in [3.8, 4) is 5.75 Å². The lowest BCUT2D eigenvalue weighted by molar-refractivity contribution is -0.118. The zero-order chi connectivity index (χ0) is 20.6. The second-order valence-electron chi connectivity index (χ2n) is 7.31. The van der Waals surface area contributed by atoms with E-state index in [9.17, 15) is 9.59 Å². The first-order valence-corrected chi connectivity index (χ1v) is 9.66. The summed E-state index contributed by atoms with van der Waals surface area (Å²) in [7, 11) is 0. The number of ether oxygens (including phenoxy) is 2. The van der Waals surface area contributed by atoms with E-state index in [0.717, 1.165) is 12.8 Å². The molecule has 1 amide bonds. The number of anilines is 1. The third-order valence-corrected chi connectivity index (χ3v) is 4.73. The van der Waals surface area contributed by atoms with E-state index in [4.69, 9.17) is 9.47 Å². The van der Waals surface area contributed by atoms with Crippen LogP contribution in [-0.4, -0.2) is 25.1 Å². The van der Waals surface area contributed by atoms with Gasteiger partial charge in [0, 0.05) is 5.69 Å². The van der Waals surface area contributed by atoms with Crippen molar-refractivity contribution >= 4 is 17.6 Å². The molecule has 0 heterocycles. The Hall–Kier alpha value is -2.82. The number of amides is 1. The summed E-state index contributed by atoms with van der Waals surface area (Å²) in [6.45, 7) is 8.81. The van der Waals surface area contributed by atoms with E-state index >= 15 is 0 Å². The molecule has 2 rings (SSSR count). The maximum absolute atomic E-state index is 12.1. The van der Waals surface area contributed by atoms with Crippen molar-refractivity contribution < 1.29 is 19.1 Å². The number of rotatable bonds is 9. The highest BCUT2D eigenvalue weighted by atomic mass is 16.5. The number of carbonyl (C=O) groups excluding carboxylic acids is 2. The van der Waals surface area contributed by atoms with E-state index in [-0.39, 0.29) is 23.9 Å². The quantitative estimate of drug-likeness (QED) is 0.622. The van der Waals surface area contributed by atoms with Crippen LogP contribution in [0.3, 0.4) is 0 Å². The molecule has 150 valence electrons. The van der Waals surface area contributed by atoms with Gasteiger partial charge in [-0.3, -0.25) is 4.79 Å². The summed E-state index contributed by atoms with van der Waals surface area (Å²) in [5.74, 6) is 0.0249. The van der Waals surface area contributed by atoms with Gasteiger partial charge in [0.25, 0.3) is 5.91 Å². The second-order valence-corrected chi connectivity index (χ2v) is 7.31. The van der Waals surface area contributed by atoms with Crippen LogP contribution in [0.5, 0.6) is 5.75 Å². The number of hydrogen-bond acceptors (Lipinski definition) is 4. The zero-order valence-electron chi connectivity index (χ0n) is 17.1. The van der Waals surface area contributed by atoms with Gasteiger partial charge in [-0.15, -0.1) is 0 Å². The van der Waals surface area contributed by atoms with Gasteiger partial charge < -0.3 is 14.8 Å². The van der Waals surface area contributed by atoms with Crippen molar-refractivity contribution in [1.82, 2.24) is 0 Å². The summed E-state index contributed by atoms with van der Waals surface area (Å²) in [6, 6.07) is 14.4. The Morgan fingerprint density at radius 1 is 0.964 bits per heavy atom. The van der Waals surface area contributed by atoms with Gasteiger partial charge in [0.1, 0.15) is 5.75 Å². The average molecular weight is 383 g/mol. The van der Waals surface area contributed by atoms with Crippen LogP contribution >= 0.6 is 0 Å². The number of nitrogens with one attached hydrogen (secondary N) is 1. The van der Waals surface area contributed by atoms with Gasteiger partial charge in [-0.2, -0.15) is 0 Å². The molecule has 2 aromatic rings. The average Bonchev–Trinajstić information content (AvgIpc) is 2.71.